The topological polar surface area (TPSA) is 96.2 Å². The van der Waals surface area contributed by atoms with Crippen molar-refractivity contribution in [3.8, 4) is 0 Å². The summed E-state index contributed by atoms with van der Waals surface area (Å²) in [6, 6.07) is 0. The molecule has 122 valence electrons. The summed E-state index contributed by atoms with van der Waals surface area (Å²) in [5, 5.41) is 0. The molecule has 0 radical (unpaired) electrons. The minimum Gasteiger partial charge on any atom is -0.468 e. The Morgan fingerprint density at radius 3 is 2.57 bits per heavy atom. The molecular weight excluding hydrogens is 415 g/mol. The lowest BCUT2D eigenvalue weighted by Crippen LogP contribution is -2.25. The molecule has 0 bridgehead atoms. The maximum Gasteiger partial charge on any atom is 0.320 e. The second kappa shape index (κ2) is 7.99. The Morgan fingerprint density at radius 1 is 1.22 bits per heavy atom. The number of allylic oxidation sites excluding steroid dienone is 2. The third kappa shape index (κ3) is 4.03. The predicted molar refractivity (Wildman–Crippen MR) is 89.3 cm³/mol. The highest BCUT2D eigenvalue weighted by molar-refractivity contribution is 14.1. The van der Waals surface area contributed by atoms with Gasteiger partial charge < -0.3 is 14.0 Å². The molecule has 8 nitrogen and oxygen atoms in total. The van der Waals surface area contributed by atoms with Crippen LogP contribution in [0.1, 0.15) is 6.42 Å². The van der Waals surface area contributed by atoms with E-state index in [9.17, 15) is 9.59 Å². The van der Waals surface area contributed by atoms with Gasteiger partial charge in [-0.25, -0.2) is 15.0 Å². The Bertz CT molecular complexity index is 727. The first-order valence-electron chi connectivity index (χ1n) is 6.70. The van der Waals surface area contributed by atoms with Crippen molar-refractivity contribution in [3.05, 3.63) is 28.5 Å². The van der Waals surface area contributed by atoms with Crippen molar-refractivity contribution in [2.45, 2.75) is 13.0 Å². The first-order chi connectivity index (χ1) is 11.1. The maximum absolute atomic E-state index is 11.6. The van der Waals surface area contributed by atoms with Crippen molar-refractivity contribution in [1.82, 2.24) is 19.5 Å². The van der Waals surface area contributed by atoms with Gasteiger partial charge in [0, 0.05) is 6.54 Å². The Hall–Kier alpha value is -2.04. The zero-order valence-corrected chi connectivity index (χ0v) is 14.8. The second-order valence-electron chi connectivity index (χ2n) is 4.54. The van der Waals surface area contributed by atoms with E-state index < -0.39 is 17.9 Å². The molecule has 0 atom stereocenters. The molecule has 0 aliphatic heterocycles. The van der Waals surface area contributed by atoms with Crippen molar-refractivity contribution in [2.75, 3.05) is 14.2 Å². The number of carbonyl (C=O) groups is 2. The molecule has 23 heavy (non-hydrogen) atoms. The highest BCUT2D eigenvalue weighted by Crippen LogP contribution is 2.15. The monoisotopic (exact) mass is 430 g/mol. The Kier molecular flexibility index (Phi) is 6.02. The summed E-state index contributed by atoms with van der Waals surface area (Å²) in [5.74, 6) is -2.18. The Labute approximate surface area is 146 Å². The van der Waals surface area contributed by atoms with Crippen molar-refractivity contribution < 1.29 is 19.1 Å². The van der Waals surface area contributed by atoms with Crippen molar-refractivity contribution >= 4 is 45.7 Å². The summed E-state index contributed by atoms with van der Waals surface area (Å²) < 4.78 is 11.8. The summed E-state index contributed by atoms with van der Waals surface area (Å²) in [6.45, 7) is 0.513. The number of aromatic nitrogens is 4. The molecule has 2 rings (SSSR count). The third-order valence-corrected chi connectivity index (χ3v) is 3.96. The molecule has 0 aliphatic carbocycles. The van der Waals surface area contributed by atoms with Gasteiger partial charge in [0.2, 0.25) is 0 Å². The predicted octanol–water partition coefficient (Wildman–Crippen LogP) is 1.34. The van der Waals surface area contributed by atoms with Crippen LogP contribution in [0.5, 0.6) is 0 Å². The van der Waals surface area contributed by atoms with Gasteiger partial charge >= 0.3 is 11.9 Å². The van der Waals surface area contributed by atoms with Crippen LogP contribution in [-0.2, 0) is 25.6 Å². The van der Waals surface area contributed by atoms with E-state index in [4.69, 9.17) is 0 Å². The second-order valence-corrected chi connectivity index (χ2v) is 5.56. The average molecular weight is 430 g/mol. The third-order valence-electron chi connectivity index (χ3n) is 3.17. The molecule has 0 aromatic carbocycles. The molecule has 9 heteroatoms. The number of fused-ring (bicyclic) bond motifs is 1. The summed E-state index contributed by atoms with van der Waals surface area (Å²) in [6.07, 6.45) is 6.92. The number of imidazole rings is 1. The number of hydrogen-bond acceptors (Lipinski definition) is 7. The zero-order valence-electron chi connectivity index (χ0n) is 12.6. The summed E-state index contributed by atoms with van der Waals surface area (Å²) in [4.78, 5) is 35.7. The fourth-order valence-electron chi connectivity index (χ4n) is 1.98. The average Bonchev–Trinajstić information content (AvgIpc) is 2.98. The molecule has 0 saturated carbocycles. The SMILES string of the molecule is COC(=O)C(C/C=C/Cn1cnc2c(I)ncnc21)C(=O)OC. The molecule has 2 heterocycles. The van der Waals surface area contributed by atoms with Crippen molar-refractivity contribution in [3.63, 3.8) is 0 Å². The fourth-order valence-corrected chi connectivity index (χ4v) is 2.48. The highest BCUT2D eigenvalue weighted by atomic mass is 127. The smallest absolute Gasteiger partial charge is 0.320 e. The lowest BCUT2D eigenvalue weighted by Gasteiger charge is -2.09. The van der Waals surface area contributed by atoms with Crippen LogP contribution in [0.2, 0.25) is 0 Å². The summed E-state index contributed by atoms with van der Waals surface area (Å²) >= 11 is 2.10. The number of methoxy groups -OCH3 is 2. The van der Waals surface area contributed by atoms with E-state index in [1.165, 1.54) is 20.5 Å². The number of carbonyl (C=O) groups excluding carboxylic acids is 2. The molecule has 0 N–H and O–H groups in total. The van der Waals surface area contributed by atoms with E-state index in [-0.39, 0.29) is 6.42 Å². The van der Waals surface area contributed by atoms with Crippen LogP contribution < -0.4 is 0 Å². The van der Waals surface area contributed by atoms with Gasteiger partial charge in [-0.3, -0.25) is 9.59 Å². The molecule has 0 fully saturated rings. The molecule has 0 saturated heterocycles. The standard InChI is InChI=1S/C14H15IN4O4/c1-22-13(20)9(14(21)23-2)5-3-4-6-19-8-18-10-11(15)16-7-17-12(10)19/h3-4,7-9H,5-6H2,1-2H3/b4-3+. The van der Waals surface area contributed by atoms with Crippen LogP contribution in [0.15, 0.2) is 24.8 Å². The van der Waals surface area contributed by atoms with Crippen molar-refractivity contribution in [2.24, 2.45) is 5.92 Å². The number of esters is 2. The molecule has 0 aliphatic rings. The number of ether oxygens (including phenoxy) is 2. The number of halogens is 1. The number of nitrogens with zero attached hydrogens (tertiary/aromatic N) is 4. The van der Waals surface area contributed by atoms with Crippen LogP contribution in [0, 0.1) is 9.62 Å². The Morgan fingerprint density at radius 2 is 1.91 bits per heavy atom. The Balaban J connectivity index is 2.04. The lowest BCUT2D eigenvalue weighted by atomic mass is 10.1. The van der Waals surface area contributed by atoms with E-state index in [1.807, 2.05) is 10.6 Å². The van der Waals surface area contributed by atoms with Gasteiger partial charge in [0.25, 0.3) is 0 Å². The van der Waals surface area contributed by atoms with Gasteiger partial charge in [-0.05, 0) is 29.0 Å². The minimum atomic E-state index is -0.955. The van der Waals surface area contributed by atoms with Gasteiger partial charge in [0.1, 0.15) is 15.5 Å². The van der Waals surface area contributed by atoms with Gasteiger partial charge in [0.05, 0.1) is 20.5 Å². The van der Waals surface area contributed by atoms with Gasteiger partial charge in [-0.2, -0.15) is 0 Å². The fraction of sp³-hybridized carbons (Fsp3) is 0.357. The van der Waals surface area contributed by atoms with Gasteiger partial charge in [0.15, 0.2) is 11.6 Å². The van der Waals surface area contributed by atoms with Crippen molar-refractivity contribution in [1.29, 1.82) is 0 Å². The number of hydrogen-bond donors (Lipinski definition) is 0. The molecule has 0 amide bonds. The molecule has 2 aromatic heterocycles. The van der Waals surface area contributed by atoms with E-state index in [2.05, 4.69) is 47.0 Å². The highest BCUT2D eigenvalue weighted by Gasteiger charge is 2.27. The largest absolute Gasteiger partial charge is 0.468 e. The number of rotatable bonds is 6. The summed E-state index contributed by atoms with van der Waals surface area (Å²) in [5.41, 5.74) is 1.47. The zero-order chi connectivity index (χ0) is 16.8. The van der Waals surface area contributed by atoms with Gasteiger partial charge in [-0.1, -0.05) is 12.2 Å². The van der Waals surface area contributed by atoms with Gasteiger partial charge in [-0.15, -0.1) is 0 Å². The van der Waals surface area contributed by atoms with E-state index >= 15 is 0 Å². The molecule has 2 aromatic rings. The van der Waals surface area contributed by atoms with Crippen LogP contribution >= 0.6 is 22.6 Å². The van der Waals surface area contributed by atoms with E-state index in [1.54, 1.807) is 12.4 Å². The van der Waals surface area contributed by atoms with Crippen LogP contribution in [0.4, 0.5) is 0 Å². The lowest BCUT2D eigenvalue weighted by molar-refractivity contribution is -0.158. The minimum absolute atomic E-state index is 0.207. The van der Waals surface area contributed by atoms with Crippen LogP contribution in [0.25, 0.3) is 11.2 Å². The van der Waals surface area contributed by atoms with E-state index in [0.717, 1.165) is 14.9 Å². The summed E-state index contributed by atoms with van der Waals surface area (Å²) in [7, 11) is 2.47. The first kappa shape index (κ1) is 17.3. The quantitative estimate of drug-likeness (QED) is 0.224. The molecule has 0 spiro atoms. The van der Waals surface area contributed by atoms with Crippen LogP contribution in [-0.4, -0.2) is 45.7 Å². The maximum atomic E-state index is 11.6. The normalized spacial score (nSPS) is 11.3. The first-order valence-corrected chi connectivity index (χ1v) is 7.78. The molecule has 0 unspecified atom stereocenters. The van der Waals surface area contributed by atoms with E-state index in [0.29, 0.717) is 6.54 Å². The molecular formula is C14H15IN4O4. The van der Waals surface area contributed by atoms with Crippen LogP contribution in [0.3, 0.4) is 0 Å².